The Kier molecular flexibility index (Phi) is 5.74. The van der Waals surface area contributed by atoms with Crippen LogP contribution in [0, 0.1) is 5.92 Å². The second-order valence-electron chi connectivity index (χ2n) is 7.24. The van der Waals surface area contributed by atoms with Crippen LogP contribution in [-0.2, 0) is 9.59 Å². The van der Waals surface area contributed by atoms with Crippen molar-refractivity contribution in [2.24, 2.45) is 5.92 Å². The number of amides is 2. The Balaban J connectivity index is 1.65. The standard InChI is InChI=1S/C20H29N3O2/c1-14(22-18-7-4-3-6-17(18)20(25)21-2)15-9-11-16(12-10-15)23-13-5-8-19(23)24/h9-12,14,17-18,22H,3-8,13H2,1-2H3,(H,21,25)/t14-,17-,18+/m1/s1. The SMILES string of the molecule is CNC(=O)[C@@H]1CCCC[C@@H]1N[C@H](C)c1ccc(N2CCCC2=O)cc1. The Hall–Kier alpha value is -1.88. The largest absolute Gasteiger partial charge is 0.359 e. The van der Waals surface area contributed by atoms with Crippen LogP contribution >= 0.6 is 0 Å². The summed E-state index contributed by atoms with van der Waals surface area (Å²) in [5.41, 5.74) is 2.18. The molecule has 1 aromatic rings. The normalized spacial score (nSPS) is 25.0. The first-order valence-corrected chi connectivity index (χ1v) is 9.48. The van der Waals surface area contributed by atoms with Gasteiger partial charge in [-0.15, -0.1) is 0 Å². The molecular formula is C20H29N3O2. The minimum atomic E-state index is 0.0581. The highest BCUT2D eigenvalue weighted by Crippen LogP contribution is 2.28. The topological polar surface area (TPSA) is 61.4 Å². The smallest absolute Gasteiger partial charge is 0.227 e. The summed E-state index contributed by atoms with van der Waals surface area (Å²) in [5.74, 6) is 0.421. The van der Waals surface area contributed by atoms with Gasteiger partial charge in [0.1, 0.15) is 0 Å². The van der Waals surface area contributed by atoms with Crippen LogP contribution in [0.15, 0.2) is 24.3 Å². The van der Waals surface area contributed by atoms with Gasteiger partial charge in [0, 0.05) is 37.8 Å². The van der Waals surface area contributed by atoms with E-state index in [9.17, 15) is 9.59 Å². The molecule has 136 valence electrons. The number of carbonyl (C=O) groups is 2. The fourth-order valence-electron chi connectivity index (χ4n) is 4.11. The molecule has 1 aliphatic heterocycles. The molecule has 2 amide bonds. The third-order valence-corrected chi connectivity index (χ3v) is 5.59. The van der Waals surface area contributed by atoms with E-state index in [0.29, 0.717) is 6.42 Å². The van der Waals surface area contributed by atoms with Crippen molar-refractivity contribution in [2.75, 3.05) is 18.5 Å². The Labute approximate surface area is 150 Å². The molecule has 1 saturated carbocycles. The Bertz CT molecular complexity index is 614. The van der Waals surface area contributed by atoms with Crippen LogP contribution in [0.4, 0.5) is 5.69 Å². The predicted molar refractivity (Wildman–Crippen MR) is 99.4 cm³/mol. The zero-order valence-corrected chi connectivity index (χ0v) is 15.3. The van der Waals surface area contributed by atoms with E-state index in [1.165, 1.54) is 12.0 Å². The second kappa shape index (κ2) is 8.00. The number of carbonyl (C=O) groups excluding carboxylic acids is 2. The molecule has 1 saturated heterocycles. The lowest BCUT2D eigenvalue weighted by Crippen LogP contribution is -2.46. The molecule has 0 spiro atoms. The van der Waals surface area contributed by atoms with E-state index in [-0.39, 0.29) is 29.8 Å². The van der Waals surface area contributed by atoms with Crippen molar-refractivity contribution >= 4 is 17.5 Å². The molecule has 25 heavy (non-hydrogen) atoms. The van der Waals surface area contributed by atoms with Gasteiger partial charge in [0.25, 0.3) is 0 Å². The van der Waals surface area contributed by atoms with Gasteiger partial charge in [0.2, 0.25) is 11.8 Å². The summed E-state index contributed by atoms with van der Waals surface area (Å²) in [6, 6.07) is 8.66. The molecule has 5 nitrogen and oxygen atoms in total. The van der Waals surface area contributed by atoms with E-state index in [1.54, 1.807) is 7.05 Å². The molecule has 1 heterocycles. The van der Waals surface area contributed by atoms with E-state index in [0.717, 1.165) is 37.9 Å². The lowest BCUT2D eigenvalue weighted by atomic mass is 9.83. The number of nitrogens with zero attached hydrogens (tertiary/aromatic N) is 1. The number of hydrogen-bond acceptors (Lipinski definition) is 3. The maximum Gasteiger partial charge on any atom is 0.227 e. The van der Waals surface area contributed by atoms with Crippen molar-refractivity contribution in [3.63, 3.8) is 0 Å². The molecule has 0 radical (unpaired) electrons. The second-order valence-corrected chi connectivity index (χ2v) is 7.24. The van der Waals surface area contributed by atoms with Crippen LogP contribution in [-0.4, -0.2) is 31.4 Å². The van der Waals surface area contributed by atoms with Crippen LogP contribution in [0.1, 0.15) is 57.1 Å². The van der Waals surface area contributed by atoms with Crippen LogP contribution < -0.4 is 15.5 Å². The summed E-state index contributed by atoms with van der Waals surface area (Å²) in [7, 11) is 1.72. The van der Waals surface area contributed by atoms with E-state index in [2.05, 4.69) is 29.7 Å². The summed E-state index contributed by atoms with van der Waals surface area (Å²) in [5, 5.41) is 6.46. The van der Waals surface area contributed by atoms with Gasteiger partial charge in [-0.2, -0.15) is 0 Å². The number of anilines is 1. The Morgan fingerprint density at radius 2 is 1.88 bits per heavy atom. The molecule has 3 rings (SSSR count). The van der Waals surface area contributed by atoms with Gasteiger partial charge in [-0.1, -0.05) is 25.0 Å². The summed E-state index contributed by atoms with van der Waals surface area (Å²) in [6.45, 7) is 2.97. The van der Waals surface area contributed by atoms with Crippen molar-refractivity contribution in [2.45, 2.75) is 57.5 Å². The molecule has 1 aliphatic carbocycles. The first-order valence-electron chi connectivity index (χ1n) is 9.48. The highest BCUT2D eigenvalue weighted by molar-refractivity contribution is 5.95. The van der Waals surface area contributed by atoms with E-state index in [4.69, 9.17) is 0 Å². The van der Waals surface area contributed by atoms with Gasteiger partial charge in [-0.25, -0.2) is 0 Å². The lowest BCUT2D eigenvalue weighted by Gasteiger charge is -2.33. The number of rotatable bonds is 5. The number of benzene rings is 1. The summed E-state index contributed by atoms with van der Waals surface area (Å²) < 4.78 is 0. The fraction of sp³-hybridized carbons (Fsp3) is 0.600. The number of nitrogens with one attached hydrogen (secondary N) is 2. The van der Waals surface area contributed by atoms with Crippen LogP contribution in [0.25, 0.3) is 0 Å². The quantitative estimate of drug-likeness (QED) is 0.864. The minimum Gasteiger partial charge on any atom is -0.359 e. The summed E-state index contributed by atoms with van der Waals surface area (Å²) in [4.78, 5) is 25.9. The van der Waals surface area contributed by atoms with Crippen molar-refractivity contribution in [1.82, 2.24) is 10.6 Å². The molecule has 2 aliphatic rings. The van der Waals surface area contributed by atoms with Crippen molar-refractivity contribution in [3.05, 3.63) is 29.8 Å². The third kappa shape index (κ3) is 4.03. The van der Waals surface area contributed by atoms with Crippen LogP contribution in [0.3, 0.4) is 0 Å². The first-order chi connectivity index (χ1) is 12.1. The first kappa shape index (κ1) is 17.9. The van der Waals surface area contributed by atoms with Crippen LogP contribution in [0.5, 0.6) is 0 Å². The molecule has 5 heteroatoms. The summed E-state index contributed by atoms with van der Waals surface area (Å²) >= 11 is 0. The van der Waals surface area contributed by atoms with Gasteiger partial charge >= 0.3 is 0 Å². The molecule has 0 bridgehead atoms. The maximum atomic E-state index is 12.1. The molecular weight excluding hydrogens is 314 g/mol. The van der Waals surface area contributed by atoms with E-state index >= 15 is 0 Å². The third-order valence-electron chi connectivity index (χ3n) is 5.59. The fourth-order valence-corrected chi connectivity index (χ4v) is 4.11. The van der Waals surface area contributed by atoms with E-state index < -0.39 is 0 Å². The number of hydrogen-bond donors (Lipinski definition) is 2. The van der Waals surface area contributed by atoms with Gasteiger partial charge < -0.3 is 15.5 Å². The predicted octanol–water partition coefficient (Wildman–Crippen LogP) is 2.77. The minimum absolute atomic E-state index is 0.0581. The average Bonchev–Trinajstić information content (AvgIpc) is 3.07. The van der Waals surface area contributed by atoms with Crippen LogP contribution in [0.2, 0.25) is 0 Å². The Morgan fingerprint density at radius 1 is 1.16 bits per heavy atom. The molecule has 3 atom stereocenters. The molecule has 0 aromatic heterocycles. The summed E-state index contributed by atoms with van der Waals surface area (Å²) in [6.07, 6.45) is 5.91. The van der Waals surface area contributed by atoms with Gasteiger partial charge in [0.15, 0.2) is 0 Å². The Morgan fingerprint density at radius 3 is 2.52 bits per heavy atom. The van der Waals surface area contributed by atoms with Crippen molar-refractivity contribution in [1.29, 1.82) is 0 Å². The molecule has 2 N–H and O–H groups in total. The highest BCUT2D eigenvalue weighted by Gasteiger charge is 2.31. The van der Waals surface area contributed by atoms with Crippen molar-refractivity contribution in [3.8, 4) is 0 Å². The van der Waals surface area contributed by atoms with Gasteiger partial charge in [-0.3, -0.25) is 9.59 Å². The zero-order valence-electron chi connectivity index (χ0n) is 15.3. The molecule has 0 unspecified atom stereocenters. The van der Waals surface area contributed by atoms with Gasteiger partial charge in [0.05, 0.1) is 5.92 Å². The highest BCUT2D eigenvalue weighted by atomic mass is 16.2. The van der Waals surface area contributed by atoms with Crippen molar-refractivity contribution < 1.29 is 9.59 Å². The maximum absolute atomic E-state index is 12.1. The molecule has 1 aromatic carbocycles. The lowest BCUT2D eigenvalue weighted by molar-refractivity contribution is -0.126. The zero-order chi connectivity index (χ0) is 17.8. The molecule has 2 fully saturated rings. The van der Waals surface area contributed by atoms with E-state index in [1.807, 2.05) is 17.0 Å². The average molecular weight is 343 g/mol. The van der Waals surface area contributed by atoms with Gasteiger partial charge in [-0.05, 0) is 43.9 Å². The monoisotopic (exact) mass is 343 g/mol.